The number of aromatic nitrogens is 1. The Bertz CT molecular complexity index is 813. The summed E-state index contributed by atoms with van der Waals surface area (Å²) >= 11 is 7.91. The second kappa shape index (κ2) is 7.81. The van der Waals surface area contributed by atoms with E-state index >= 15 is 0 Å². The van der Waals surface area contributed by atoms with Crippen LogP contribution in [0.2, 0.25) is 0 Å². The molecule has 126 valence electrons. The maximum Gasteiger partial charge on any atom is 0.311 e. The Balaban J connectivity index is 1.92. The topological polar surface area (TPSA) is 68.3 Å². The Morgan fingerprint density at radius 2 is 2.38 bits per heavy atom. The van der Waals surface area contributed by atoms with Gasteiger partial charge in [-0.05, 0) is 28.9 Å². The molecular formula is C15H13BrN2O3S3. The molecule has 3 rings (SSSR count). The Morgan fingerprint density at radius 1 is 1.54 bits per heavy atom. The van der Waals surface area contributed by atoms with Gasteiger partial charge in [0.2, 0.25) is 5.91 Å². The molecular weight excluding hydrogens is 432 g/mol. The van der Waals surface area contributed by atoms with E-state index in [1.165, 1.54) is 23.1 Å². The van der Waals surface area contributed by atoms with Crippen molar-refractivity contribution in [3.05, 3.63) is 30.8 Å². The van der Waals surface area contributed by atoms with Gasteiger partial charge < -0.3 is 10.1 Å². The summed E-state index contributed by atoms with van der Waals surface area (Å²) in [6.07, 6.45) is 2.04. The van der Waals surface area contributed by atoms with Gasteiger partial charge in [0.05, 0.1) is 34.4 Å². The number of amides is 1. The minimum atomic E-state index is -0.263. The Labute approximate surface area is 159 Å². The van der Waals surface area contributed by atoms with E-state index in [2.05, 4.69) is 26.2 Å². The molecule has 1 aliphatic heterocycles. The number of thioether (sulfide) groups is 1. The number of hydrogen-bond acceptors (Lipinski definition) is 7. The minimum Gasteiger partial charge on any atom is -0.466 e. The number of thiazole rings is 1. The average Bonchev–Trinajstić information content (AvgIpc) is 3.21. The molecule has 0 aliphatic carbocycles. The third-order valence-electron chi connectivity index (χ3n) is 3.00. The van der Waals surface area contributed by atoms with E-state index in [0.717, 1.165) is 30.0 Å². The molecule has 1 aliphatic rings. The van der Waals surface area contributed by atoms with Gasteiger partial charge in [0, 0.05) is 20.8 Å². The van der Waals surface area contributed by atoms with Crippen LogP contribution in [0, 0.1) is 0 Å². The lowest BCUT2D eigenvalue weighted by Crippen LogP contribution is -2.13. The molecule has 9 heteroatoms. The number of carbonyl (C=O) groups excluding carboxylic acids is 2. The molecule has 0 spiro atoms. The Hall–Kier alpha value is -1.16. The molecule has 0 saturated carbocycles. The van der Waals surface area contributed by atoms with Crippen LogP contribution in [0.3, 0.4) is 0 Å². The number of nitrogens with zero attached hydrogens (tertiary/aromatic N) is 1. The van der Waals surface area contributed by atoms with E-state index in [-0.39, 0.29) is 18.3 Å². The molecule has 0 radical (unpaired) electrons. The highest BCUT2D eigenvalue weighted by atomic mass is 79.9. The van der Waals surface area contributed by atoms with Crippen molar-refractivity contribution in [3.8, 4) is 10.6 Å². The standard InChI is InChI=1S/C15H13BrN2O3S3/c1-2-21-14(20)4-10-15(9-3-8(16)6-22-9)18-13(24-10)5-12-17-11(19)7-23-12/h3,5-6H,2,4,7H2,1H3,(H,17,19)/b12-5+. The molecule has 5 nitrogen and oxygen atoms in total. The zero-order chi connectivity index (χ0) is 17.1. The summed E-state index contributed by atoms with van der Waals surface area (Å²) in [5.41, 5.74) is 0.796. The smallest absolute Gasteiger partial charge is 0.311 e. The fourth-order valence-electron chi connectivity index (χ4n) is 2.07. The third-order valence-corrected chi connectivity index (χ3v) is 6.64. The predicted molar refractivity (Wildman–Crippen MR) is 102 cm³/mol. The van der Waals surface area contributed by atoms with Crippen molar-refractivity contribution < 1.29 is 14.3 Å². The molecule has 0 atom stereocenters. The lowest BCUT2D eigenvalue weighted by Gasteiger charge is -2.01. The van der Waals surface area contributed by atoms with Gasteiger partial charge in [0.25, 0.3) is 0 Å². The predicted octanol–water partition coefficient (Wildman–Crippen LogP) is 3.90. The van der Waals surface area contributed by atoms with E-state index in [0.29, 0.717) is 12.4 Å². The molecule has 1 saturated heterocycles. The van der Waals surface area contributed by atoms with Gasteiger partial charge in [0.1, 0.15) is 5.01 Å². The monoisotopic (exact) mass is 444 g/mol. The highest BCUT2D eigenvalue weighted by Gasteiger charge is 2.20. The lowest BCUT2D eigenvalue weighted by atomic mass is 10.2. The second-order valence-corrected chi connectivity index (χ2v) is 8.74. The number of hydrogen-bond donors (Lipinski definition) is 1. The first-order valence-corrected chi connectivity index (χ1v) is 10.6. The van der Waals surface area contributed by atoms with Crippen molar-refractivity contribution >= 4 is 68.3 Å². The number of ether oxygens (including phenoxy) is 1. The minimum absolute atomic E-state index is 0.00281. The maximum atomic E-state index is 11.9. The average molecular weight is 445 g/mol. The molecule has 0 aromatic carbocycles. The molecule has 24 heavy (non-hydrogen) atoms. The Kier molecular flexibility index (Phi) is 5.75. The molecule has 1 amide bonds. The first-order chi connectivity index (χ1) is 11.5. The quantitative estimate of drug-likeness (QED) is 0.708. The van der Waals surface area contributed by atoms with Crippen molar-refractivity contribution in [1.82, 2.24) is 10.3 Å². The largest absolute Gasteiger partial charge is 0.466 e. The number of esters is 1. The summed E-state index contributed by atoms with van der Waals surface area (Å²) in [4.78, 5) is 29.7. The molecule has 0 bridgehead atoms. The summed E-state index contributed by atoms with van der Waals surface area (Å²) in [6, 6.07) is 1.98. The highest BCUT2D eigenvalue weighted by Crippen LogP contribution is 2.36. The number of thiophene rings is 1. The molecule has 2 aromatic heterocycles. The summed E-state index contributed by atoms with van der Waals surface area (Å²) in [7, 11) is 0. The molecule has 2 aromatic rings. The van der Waals surface area contributed by atoms with Crippen molar-refractivity contribution in [2.24, 2.45) is 0 Å². The molecule has 1 fully saturated rings. The van der Waals surface area contributed by atoms with E-state index in [4.69, 9.17) is 4.74 Å². The molecule has 3 heterocycles. The first kappa shape index (κ1) is 17.7. The van der Waals surface area contributed by atoms with E-state index < -0.39 is 0 Å². The van der Waals surface area contributed by atoms with Gasteiger partial charge in [-0.2, -0.15) is 0 Å². The summed E-state index contributed by atoms with van der Waals surface area (Å²) < 4.78 is 6.04. The van der Waals surface area contributed by atoms with Crippen LogP contribution in [0.4, 0.5) is 0 Å². The van der Waals surface area contributed by atoms with Gasteiger partial charge in [-0.1, -0.05) is 11.8 Å². The molecule has 0 unspecified atom stereocenters. The SMILES string of the molecule is CCOC(=O)Cc1sc(/C=C2\NC(=O)CS2)nc1-c1cc(Br)cs1. The van der Waals surface area contributed by atoms with Crippen LogP contribution in [-0.4, -0.2) is 29.2 Å². The van der Waals surface area contributed by atoms with Crippen LogP contribution in [0.25, 0.3) is 16.6 Å². The van der Waals surface area contributed by atoms with Gasteiger partial charge in [-0.25, -0.2) is 4.98 Å². The van der Waals surface area contributed by atoms with Crippen LogP contribution in [0.15, 0.2) is 20.9 Å². The van der Waals surface area contributed by atoms with Crippen molar-refractivity contribution in [1.29, 1.82) is 0 Å². The molecule has 1 N–H and O–H groups in total. The summed E-state index contributed by atoms with van der Waals surface area (Å²) in [5.74, 6) is 0.162. The number of nitrogens with one attached hydrogen (secondary N) is 1. The first-order valence-electron chi connectivity index (χ1n) is 7.09. The van der Waals surface area contributed by atoms with Crippen LogP contribution in [-0.2, 0) is 20.7 Å². The van der Waals surface area contributed by atoms with Crippen LogP contribution >= 0.6 is 50.4 Å². The number of rotatable bonds is 5. The van der Waals surface area contributed by atoms with Crippen molar-refractivity contribution in [2.75, 3.05) is 12.4 Å². The lowest BCUT2D eigenvalue weighted by molar-refractivity contribution is -0.142. The van der Waals surface area contributed by atoms with Gasteiger partial charge in [-0.3, -0.25) is 9.59 Å². The second-order valence-electron chi connectivity index (χ2n) is 4.78. The van der Waals surface area contributed by atoms with Crippen molar-refractivity contribution in [3.63, 3.8) is 0 Å². The van der Waals surface area contributed by atoms with Crippen LogP contribution in [0.5, 0.6) is 0 Å². The zero-order valence-electron chi connectivity index (χ0n) is 12.6. The third kappa shape index (κ3) is 4.27. The highest BCUT2D eigenvalue weighted by molar-refractivity contribution is 9.10. The maximum absolute atomic E-state index is 11.9. The fourth-order valence-corrected chi connectivity index (χ4v) is 5.40. The number of carbonyl (C=O) groups is 2. The zero-order valence-corrected chi connectivity index (χ0v) is 16.7. The number of halogens is 1. The van der Waals surface area contributed by atoms with Gasteiger partial charge in [0.15, 0.2) is 0 Å². The summed E-state index contributed by atoms with van der Waals surface area (Å²) in [6.45, 7) is 2.15. The van der Waals surface area contributed by atoms with Crippen molar-refractivity contribution in [2.45, 2.75) is 13.3 Å². The van der Waals surface area contributed by atoms with Gasteiger partial charge >= 0.3 is 5.97 Å². The van der Waals surface area contributed by atoms with E-state index in [9.17, 15) is 9.59 Å². The Morgan fingerprint density at radius 3 is 3.00 bits per heavy atom. The van der Waals surface area contributed by atoms with E-state index in [1.54, 1.807) is 18.3 Å². The van der Waals surface area contributed by atoms with E-state index in [1.807, 2.05) is 17.5 Å². The van der Waals surface area contributed by atoms with Crippen LogP contribution < -0.4 is 5.32 Å². The summed E-state index contributed by atoms with van der Waals surface area (Å²) in [5, 5.41) is 6.32. The van der Waals surface area contributed by atoms with Gasteiger partial charge in [-0.15, -0.1) is 22.7 Å². The normalized spacial score (nSPS) is 15.8. The fraction of sp³-hybridized carbons (Fsp3) is 0.267. The van der Waals surface area contributed by atoms with Crippen LogP contribution in [0.1, 0.15) is 16.8 Å².